The van der Waals surface area contributed by atoms with Gasteiger partial charge in [0.25, 0.3) is 5.91 Å². The molecule has 7 nitrogen and oxygen atoms in total. The minimum Gasteiger partial charge on any atom is -0.454 e. The van der Waals surface area contributed by atoms with Crippen LogP contribution in [0.5, 0.6) is 11.5 Å². The first-order valence-electron chi connectivity index (χ1n) is 8.43. The highest BCUT2D eigenvalue weighted by Gasteiger charge is 2.22. The number of rotatable bonds is 5. The number of amides is 1. The zero-order valence-corrected chi connectivity index (χ0v) is 15.7. The standard InChI is InChI=1S/C19H18N2O5S/c1-11(26-19(23)14-8-17-13(21(14)2)5-6-27-17)18(22)20-9-12-3-4-15-16(7-12)25-10-24-15/h3-8,11H,9-10H2,1-2H3,(H,20,22)/t11-/m1/s1. The fourth-order valence-electron chi connectivity index (χ4n) is 2.90. The second kappa shape index (κ2) is 6.96. The summed E-state index contributed by atoms with van der Waals surface area (Å²) in [4.78, 5) is 24.7. The number of thiophene rings is 1. The third-order valence-electron chi connectivity index (χ3n) is 4.43. The van der Waals surface area contributed by atoms with Crippen LogP contribution in [0.15, 0.2) is 35.7 Å². The maximum atomic E-state index is 12.4. The smallest absolute Gasteiger partial charge is 0.355 e. The Balaban J connectivity index is 1.35. The second-order valence-corrected chi connectivity index (χ2v) is 7.16. The van der Waals surface area contributed by atoms with Gasteiger partial charge in [0.1, 0.15) is 5.69 Å². The number of ether oxygens (including phenoxy) is 3. The molecule has 1 atom stereocenters. The number of carbonyl (C=O) groups is 2. The highest BCUT2D eigenvalue weighted by atomic mass is 32.1. The van der Waals surface area contributed by atoms with Gasteiger partial charge in [0.2, 0.25) is 6.79 Å². The molecule has 0 saturated carbocycles. The average Bonchev–Trinajstić information content (AvgIpc) is 3.36. The lowest BCUT2D eigenvalue weighted by Gasteiger charge is -2.14. The summed E-state index contributed by atoms with van der Waals surface area (Å²) in [5, 5.41) is 4.73. The molecule has 1 N–H and O–H groups in total. The van der Waals surface area contributed by atoms with Gasteiger partial charge in [-0.2, -0.15) is 0 Å². The lowest BCUT2D eigenvalue weighted by Crippen LogP contribution is -2.35. The summed E-state index contributed by atoms with van der Waals surface area (Å²) >= 11 is 1.55. The first-order valence-corrected chi connectivity index (χ1v) is 9.31. The third-order valence-corrected chi connectivity index (χ3v) is 5.28. The van der Waals surface area contributed by atoms with Crippen LogP contribution in [0.1, 0.15) is 23.0 Å². The SMILES string of the molecule is C[C@@H](OC(=O)c1cc2sccc2n1C)C(=O)NCc1ccc2c(c1)OCO2. The van der Waals surface area contributed by atoms with Crippen molar-refractivity contribution in [2.45, 2.75) is 19.6 Å². The third kappa shape index (κ3) is 3.35. The lowest BCUT2D eigenvalue weighted by atomic mass is 10.2. The molecule has 3 aromatic rings. The van der Waals surface area contributed by atoms with Gasteiger partial charge >= 0.3 is 5.97 Å². The van der Waals surface area contributed by atoms with E-state index in [1.165, 1.54) is 0 Å². The highest BCUT2D eigenvalue weighted by molar-refractivity contribution is 7.17. The molecule has 1 aliphatic rings. The number of hydrogen-bond donors (Lipinski definition) is 1. The summed E-state index contributed by atoms with van der Waals surface area (Å²) in [5.74, 6) is 0.461. The number of esters is 1. The van der Waals surface area contributed by atoms with E-state index in [0.29, 0.717) is 23.7 Å². The van der Waals surface area contributed by atoms with Crippen LogP contribution in [-0.4, -0.2) is 29.3 Å². The second-order valence-electron chi connectivity index (χ2n) is 6.21. The number of aromatic nitrogens is 1. The molecule has 1 aromatic carbocycles. The minimum atomic E-state index is -0.903. The van der Waals surface area contributed by atoms with Crippen molar-refractivity contribution in [1.29, 1.82) is 0 Å². The zero-order valence-electron chi connectivity index (χ0n) is 14.9. The fraction of sp³-hybridized carbons (Fsp3) is 0.263. The van der Waals surface area contributed by atoms with E-state index in [0.717, 1.165) is 15.8 Å². The molecule has 2 aromatic heterocycles. The van der Waals surface area contributed by atoms with Crippen LogP contribution >= 0.6 is 11.3 Å². The van der Waals surface area contributed by atoms with E-state index in [1.807, 2.05) is 23.6 Å². The Bertz CT molecular complexity index is 1020. The molecule has 140 valence electrons. The maximum absolute atomic E-state index is 12.4. The van der Waals surface area contributed by atoms with Crippen LogP contribution in [0.4, 0.5) is 0 Å². The van der Waals surface area contributed by atoms with E-state index < -0.39 is 12.1 Å². The van der Waals surface area contributed by atoms with Crippen molar-refractivity contribution in [2.75, 3.05) is 6.79 Å². The number of hydrogen-bond acceptors (Lipinski definition) is 6. The van der Waals surface area contributed by atoms with Gasteiger partial charge < -0.3 is 24.1 Å². The Hall–Kier alpha value is -3.00. The van der Waals surface area contributed by atoms with Crippen molar-refractivity contribution in [3.8, 4) is 11.5 Å². The summed E-state index contributed by atoms with van der Waals surface area (Å²) in [7, 11) is 1.80. The summed E-state index contributed by atoms with van der Waals surface area (Å²) in [6.45, 7) is 2.06. The molecule has 0 fully saturated rings. The van der Waals surface area contributed by atoms with Crippen molar-refractivity contribution in [3.05, 3.63) is 47.0 Å². The minimum absolute atomic E-state index is 0.203. The van der Waals surface area contributed by atoms with Crippen LogP contribution in [0, 0.1) is 0 Å². The van der Waals surface area contributed by atoms with Gasteiger partial charge in [0, 0.05) is 13.6 Å². The topological polar surface area (TPSA) is 78.8 Å². The fourth-order valence-corrected chi connectivity index (χ4v) is 3.75. The molecule has 1 aliphatic heterocycles. The van der Waals surface area contributed by atoms with Gasteiger partial charge in [-0.05, 0) is 42.1 Å². The number of nitrogens with one attached hydrogen (secondary N) is 1. The molecule has 8 heteroatoms. The molecule has 27 heavy (non-hydrogen) atoms. The first kappa shape index (κ1) is 17.4. The maximum Gasteiger partial charge on any atom is 0.355 e. The molecular weight excluding hydrogens is 368 g/mol. The molecule has 3 heterocycles. The van der Waals surface area contributed by atoms with Gasteiger partial charge in [0.15, 0.2) is 17.6 Å². The van der Waals surface area contributed by atoms with Crippen LogP contribution in [0.3, 0.4) is 0 Å². The Morgan fingerprint density at radius 2 is 2.07 bits per heavy atom. The molecule has 0 bridgehead atoms. The average molecular weight is 386 g/mol. The Morgan fingerprint density at radius 1 is 1.26 bits per heavy atom. The lowest BCUT2D eigenvalue weighted by molar-refractivity contribution is -0.129. The van der Waals surface area contributed by atoms with Gasteiger partial charge in [-0.1, -0.05) is 6.07 Å². The number of nitrogens with zero attached hydrogens (tertiary/aromatic N) is 1. The van der Waals surface area contributed by atoms with Crippen molar-refractivity contribution in [3.63, 3.8) is 0 Å². The van der Waals surface area contributed by atoms with Crippen LogP contribution in [0.25, 0.3) is 10.2 Å². The van der Waals surface area contributed by atoms with Gasteiger partial charge in [-0.25, -0.2) is 4.79 Å². The van der Waals surface area contributed by atoms with Crippen molar-refractivity contribution in [1.82, 2.24) is 9.88 Å². The Morgan fingerprint density at radius 3 is 2.89 bits per heavy atom. The number of benzene rings is 1. The zero-order chi connectivity index (χ0) is 19.0. The Labute approximate surface area is 159 Å². The quantitative estimate of drug-likeness (QED) is 0.682. The molecule has 0 spiro atoms. The number of aryl methyl sites for hydroxylation is 1. The molecule has 0 unspecified atom stereocenters. The monoisotopic (exact) mass is 386 g/mol. The summed E-state index contributed by atoms with van der Waals surface area (Å²) in [5.41, 5.74) is 2.26. The van der Waals surface area contributed by atoms with Crippen LogP contribution < -0.4 is 14.8 Å². The predicted molar refractivity (Wildman–Crippen MR) is 100 cm³/mol. The van der Waals surface area contributed by atoms with Crippen molar-refractivity contribution in [2.24, 2.45) is 7.05 Å². The summed E-state index contributed by atoms with van der Waals surface area (Å²) in [6, 6.07) is 9.18. The largest absolute Gasteiger partial charge is 0.454 e. The molecular formula is C19H18N2O5S. The summed E-state index contributed by atoms with van der Waals surface area (Å²) in [6.07, 6.45) is -0.903. The molecule has 4 rings (SSSR count). The predicted octanol–water partition coefficient (Wildman–Crippen LogP) is 2.83. The first-order chi connectivity index (χ1) is 13.0. The molecule has 0 aliphatic carbocycles. The highest BCUT2D eigenvalue weighted by Crippen LogP contribution is 2.32. The van der Waals surface area contributed by atoms with Crippen molar-refractivity contribution >= 4 is 33.4 Å². The van der Waals surface area contributed by atoms with Crippen molar-refractivity contribution < 1.29 is 23.8 Å². The van der Waals surface area contributed by atoms with E-state index in [1.54, 1.807) is 42.0 Å². The molecule has 0 radical (unpaired) electrons. The Kier molecular flexibility index (Phi) is 4.49. The normalized spacial score (nSPS) is 13.6. The van der Waals surface area contributed by atoms with E-state index in [2.05, 4.69) is 5.32 Å². The number of fused-ring (bicyclic) bond motifs is 2. The van der Waals surface area contributed by atoms with Gasteiger partial charge in [-0.15, -0.1) is 11.3 Å². The summed E-state index contributed by atoms with van der Waals surface area (Å²) < 4.78 is 18.7. The van der Waals surface area contributed by atoms with Gasteiger partial charge in [0.05, 0.1) is 10.2 Å². The van der Waals surface area contributed by atoms with Crippen LogP contribution in [0.2, 0.25) is 0 Å². The van der Waals surface area contributed by atoms with E-state index in [4.69, 9.17) is 14.2 Å². The van der Waals surface area contributed by atoms with Crippen LogP contribution in [-0.2, 0) is 23.1 Å². The van der Waals surface area contributed by atoms with E-state index >= 15 is 0 Å². The van der Waals surface area contributed by atoms with E-state index in [-0.39, 0.29) is 12.7 Å². The number of carbonyl (C=O) groups excluding carboxylic acids is 2. The molecule has 1 amide bonds. The van der Waals surface area contributed by atoms with E-state index in [9.17, 15) is 9.59 Å². The van der Waals surface area contributed by atoms with Gasteiger partial charge in [-0.3, -0.25) is 4.79 Å². The molecule has 0 saturated heterocycles.